The molecule has 2 rings (SSSR count). The summed E-state index contributed by atoms with van der Waals surface area (Å²) in [5.41, 5.74) is 0. The Labute approximate surface area is 115 Å². The van der Waals surface area contributed by atoms with Gasteiger partial charge >= 0.3 is 0 Å². The number of hydrogen-bond acceptors (Lipinski definition) is 3. The molecule has 1 aromatic rings. The van der Waals surface area contributed by atoms with Crippen molar-refractivity contribution in [3.8, 4) is 0 Å². The van der Waals surface area contributed by atoms with E-state index >= 15 is 0 Å². The van der Waals surface area contributed by atoms with Crippen molar-refractivity contribution in [2.75, 3.05) is 18.1 Å². The van der Waals surface area contributed by atoms with Crippen molar-refractivity contribution in [1.29, 1.82) is 0 Å². The fourth-order valence-corrected chi connectivity index (χ4v) is 3.85. The maximum atomic E-state index is 5.49. The van der Waals surface area contributed by atoms with E-state index in [1.165, 1.54) is 37.2 Å². The van der Waals surface area contributed by atoms with Crippen LogP contribution in [0.2, 0.25) is 0 Å². The Morgan fingerprint density at radius 2 is 2.28 bits per heavy atom. The second kappa shape index (κ2) is 7.90. The SMILES string of the molecule is CCCNC(Cc1ccco1)CC1CCSCC1. The zero-order valence-electron chi connectivity index (χ0n) is 11.4. The van der Waals surface area contributed by atoms with Crippen molar-refractivity contribution in [3.05, 3.63) is 24.2 Å². The van der Waals surface area contributed by atoms with Gasteiger partial charge in [-0.15, -0.1) is 0 Å². The first-order valence-electron chi connectivity index (χ1n) is 7.22. The van der Waals surface area contributed by atoms with Gasteiger partial charge in [0.05, 0.1) is 6.26 Å². The van der Waals surface area contributed by atoms with Crippen LogP contribution in [0, 0.1) is 5.92 Å². The van der Waals surface area contributed by atoms with Crippen molar-refractivity contribution in [2.24, 2.45) is 5.92 Å². The van der Waals surface area contributed by atoms with Crippen molar-refractivity contribution in [1.82, 2.24) is 5.32 Å². The Morgan fingerprint density at radius 1 is 1.44 bits per heavy atom. The molecule has 0 amide bonds. The van der Waals surface area contributed by atoms with Gasteiger partial charge in [0.2, 0.25) is 0 Å². The molecule has 18 heavy (non-hydrogen) atoms. The van der Waals surface area contributed by atoms with Crippen LogP contribution in [-0.2, 0) is 6.42 Å². The number of furan rings is 1. The van der Waals surface area contributed by atoms with E-state index in [1.54, 1.807) is 6.26 Å². The molecule has 3 heteroatoms. The van der Waals surface area contributed by atoms with E-state index in [0.717, 1.165) is 24.6 Å². The van der Waals surface area contributed by atoms with E-state index in [2.05, 4.69) is 30.1 Å². The molecular formula is C15H25NOS. The molecule has 102 valence electrons. The van der Waals surface area contributed by atoms with E-state index in [9.17, 15) is 0 Å². The summed E-state index contributed by atoms with van der Waals surface area (Å²) in [6.07, 6.45) is 8.12. The molecule has 1 atom stereocenters. The molecule has 0 aromatic carbocycles. The summed E-state index contributed by atoms with van der Waals surface area (Å²) in [7, 11) is 0. The number of rotatable bonds is 7. The number of nitrogens with one attached hydrogen (secondary N) is 1. The third-order valence-electron chi connectivity index (χ3n) is 3.67. The summed E-state index contributed by atoms with van der Waals surface area (Å²) >= 11 is 2.11. The lowest BCUT2D eigenvalue weighted by Crippen LogP contribution is -2.34. The molecule has 1 aliphatic rings. The monoisotopic (exact) mass is 267 g/mol. The fourth-order valence-electron chi connectivity index (χ4n) is 2.64. The minimum absolute atomic E-state index is 0.587. The van der Waals surface area contributed by atoms with Crippen LogP contribution in [0.4, 0.5) is 0 Å². The van der Waals surface area contributed by atoms with Crippen molar-refractivity contribution in [3.63, 3.8) is 0 Å². The summed E-state index contributed by atoms with van der Waals surface area (Å²) < 4.78 is 5.49. The lowest BCUT2D eigenvalue weighted by molar-refractivity contribution is 0.346. The predicted molar refractivity (Wildman–Crippen MR) is 79.2 cm³/mol. The Morgan fingerprint density at radius 3 is 2.94 bits per heavy atom. The maximum Gasteiger partial charge on any atom is 0.105 e. The van der Waals surface area contributed by atoms with Gasteiger partial charge in [-0.05, 0) is 61.8 Å². The minimum Gasteiger partial charge on any atom is -0.469 e. The molecule has 0 radical (unpaired) electrons. The van der Waals surface area contributed by atoms with Gasteiger partial charge in [-0.1, -0.05) is 6.92 Å². The van der Waals surface area contributed by atoms with Crippen LogP contribution in [0.3, 0.4) is 0 Å². The van der Waals surface area contributed by atoms with E-state index in [4.69, 9.17) is 4.42 Å². The quantitative estimate of drug-likeness (QED) is 0.815. The normalized spacial score (nSPS) is 18.9. The molecule has 2 heterocycles. The second-order valence-electron chi connectivity index (χ2n) is 5.23. The molecule has 1 aromatic heterocycles. The highest BCUT2D eigenvalue weighted by Crippen LogP contribution is 2.27. The van der Waals surface area contributed by atoms with Crippen LogP contribution >= 0.6 is 11.8 Å². The fraction of sp³-hybridized carbons (Fsp3) is 0.733. The third-order valence-corrected chi connectivity index (χ3v) is 4.72. The van der Waals surface area contributed by atoms with Crippen molar-refractivity contribution in [2.45, 2.75) is 45.1 Å². The standard InChI is InChI=1S/C15H25NOS/c1-2-7-16-14(12-15-4-3-8-17-15)11-13-5-9-18-10-6-13/h3-4,8,13-14,16H,2,5-7,9-12H2,1H3. The largest absolute Gasteiger partial charge is 0.469 e. The first-order valence-corrected chi connectivity index (χ1v) is 8.37. The van der Waals surface area contributed by atoms with Gasteiger partial charge < -0.3 is 9.73 Å². The molecule has 1 unspecified atom stereocenters. The first kappa shape index (κ1) is 14.0. The molecule has 1 aliphatic heterocycles. The summed E-state index contributed by atoms with van der Waals surface area (Å²) in [5.74, 6) is 4.74. The van der Waals surface area contributed by atoms with E-state index in [-0.39, 0.29) is 0 Å². The zero-order chi connectivity index (χ0) is 12.6. The molecule has 0 bridgehead atoms. The Hall–Kier alpha value is -0.410. The summed E-state index contributed by atoms with van der Waals surface area (Å²) in [6, 6.07) is 4.67. The highest BCUT2D eigenvalue weighted by atomic mass is 32.2. The van der Waals surface area contributed by atoms with E-state index in [1.807, 2.05) is 6.07 Å². The molecule has 0 aliphatic carbocycles. The van der Waals surface area contributed by atoms with Crippen LogP contribution < -0.4 is 5.32 Å². The van der Waals surface area contributed by atoms with Crippen LogP contribution in [-0.4, -0.2) is 24.1 Å². The highest BCUT2D eigenvalue weighted by Gasteiger charge is 2.19. The molecule has 0 saturated carbocycles. The predicted octanol–water partition coefficient (Wildman–Crippen LogP) is 3.72. The van der Waals surface area contributed by atoms with Gasteiger partial charge in [0, 0.05) is 12.5 Å². The highest BCUT2D eigenvalue weighted by molar-refractivity contribution is 7.99. The van der Waals surface area contributed by atoms with Gasteiger partial charge in [0.1, 0.15) is 5.76 Å². The third kappa shape index (κ3) is 4.69. The lowest BCUT2D eigenvalue weighted by Gasteiger charge is -2.26. The Balaban J connectivity index is 1.83. The van der Waals surface area contributed by atoms with Crippen LogP contribution in [0.15, 0.2) is 22.8 Å². The number of thioether (sulfide) groups is 1. The van der Waals surface area contributed by atoms with Gasteiger partial charge in [-0.2, -0.15) is 11.8 Å². The summed E-state index contributed by atoms with van der Waals surface area (Å²) in [6.45, 7) is 3.35. The van der Waals surface area contributed by atoms with Crippen LogP contribution in [0.1, 0.15) is 38.4 Å². The molecule has 0 spiro atoms. The smallest absolute Gasteiger partial charge is 0.105 e. The van der Waals surface area contributed by atoms with Gasteiger partial charge in [-0.3, -0.25) is 0 Å². The maximum absolute atomic E-state index is 5.49. The lowest BCUT2D eigenvalue weighted by atomic mass is 9.92. The topological polar surface area (TPSA) is 25.2 Å². The molecule has 1 fully saturated rings. The van der Waals surface area contributed by atoms with Crippen LogP contribution in [0.25, 0.3) is 0 Å². The van der Waals surface area contributed by atoms with Gasteiger partial charge in [0.25, 0.3) is 0 Å². The Kier molecular flexibility index (Phi) is 6.15. The van der Waals surface area contributed by atoms with Crippen molar-refractivity contribution < 1.29 is 4.42 Å². The summed E-state index contributed by atoms with van der Waals surface area (Å²) in [4.78, 5) is 0. The first-order chi connectivity index (χ1) is 8.88. The van der Waals surface area contributed by atoms with E-state index in [0.29, 0.717) is 6.04 Å². The Bertz CT molecular complexity index is 306. The average molecular weight is 267 g/mol. The van der Waals surface area contributed by atoms with Gasteiger partial charge in [-0.25, -0.2) is 0 Å². The zero-order valence-corrected chi connectivity index (χ0v) is 12.2. The molecular weight excluding hydrogens is 242 g/mol. The number of hydrogen-bond donors (Lipinski definition) is 1. The molecule has 1 saturated heterocycles. The van der Waals surface area contributed by atoms with Crippen LogP contribution in [0.5, 0.6) is 0 Å². The minimum atomic E-state index is 0.587. The molecule has 2 nitrogen and oxygen atoms in total. The summed E-state index contributed by atoms with van der Waals surface area (Å²) in [5, 5.41) is 3.69. The van der Waals surface area contributed by atoms with E-state index < -0.39 is 0 Å². The van der Waals surface area contributed by atoms with Gasteiger partial charge in [0.15, 0.2) is 0 Å². The van der Waals surface area contributed by atoms with Crippen molar-refractivity contribution >= 4 is 11.8 Å². The average Bonchev–Trinajstić information content (AvgIpc) is 2.90. The molecule has 1 N–H and O–H groups in total. The second-order valence-corrected chi connectivity index (χ2v) is 6.45.